The minimum Gasteiger partial charge on any atom is -0.481 e. The van der Waals surface area contributed by atoms with Crippen molar-refractivity contribution < 1.29 is 19.4 Å². The first-order valence-corrected chi connectivity index (χ1v) is 9.14. The van der Waals surface area contributed by atoms with Crippen LogP contribution in [0.25, 0.3) is 11.1 Å². The molecule has 0 unspecified atom stereocenters. The van der Waals surface area contributed by atoms with Crippen molar-refractivity contribution in [2.75, 3.05) is 6.61 Å². The zero-order valence-corrected chi connectivity index (χ0v) is 14.8. The first-order chi connectivity index (χ1) is 13.1. The van der Waals surface area contributed by atoms with Gasteiger partial charge < -0.3 is 15.2 Å². The van der Waals surface area contributed by atoms with E-state index in [0.29, 0.717) is 12.8 Å². The third kappa shape index (κ3) is 3.33. The number of allylic oxidation sites excluding steroid dienone is 1. The fraction of sp³-hybridized carbons (Fsp3) is 0.273. The molecule has 2 aromatic carbocycles. The third-order valence-electron chi connectivity index (χ3n) is 5.40. The highest BCUT2D eigenvalue weighted by molar-refractivity contribution is 5.79. The number of alkyl carbamates (subject to hydrolysis) is 1. The summed E-state index contributed by atoms with van der Waals surface area (Å²) in [5.74, 6) is -1.52. The van der Waals surface area contributed by atoms with Crippen LogP contribution >= 0.6 is 0 Å². The van der Waals surface area contributed by atoms with E-state index < -0.39 is 24.0 Å². The van der Waals surface area contributed by atoms with Crippen LogP contribution in [0.4, 0.5) is 4.79 Å². The fourth-order valence-electron chi connectivity index (χ4n) is 4.04. The van der Waals surface area contributed by atoms with Gasteiger partial charge in [0.15, 0.2) is 0 Å². The Hall–Kier alpha value is -3.08. The molecule has 0 bridgehead atoms. The van der Waals surface area contributed by atoms with Gasteiger partial charge in [0.25, 0.3) is 0 Å². The molecule has 2 N–H and O–H groups in total. The molecule has 2 atom stereocenters. The molecule has 2 aliphatic rings. The van der Waals surface area contributed by atoms with Crippen LogP contribution in [0.15, 0.2) is 60.7 Å². The molecule has 138 valence electrons. The van der Waals surface area contributed by atoms with Gasteiger partial charge in [0.05, 0.1) is 5.92 Å². The van der Waals surface area contributed by atoms with Crippen molar-refractivity contribution in [3.05, 3.63) is 71.8 Å². The van der Waals surface area contributed by atoms with Crippen LogP contribution in [0, 0.1) is 5.92 Å². The van der Waals surface area contributed by atoms with E-state index in [0.717, 1.165) is 11.1 Å². The summed E-state index contributed by atoms with van der Waals surface area (Å²) in [6.45, 7) is 0.222. The van der Waals surface area contributed by atoms with Crippen LogP contribution in [0.2, 0.25) is 0 Å². The number of carbonyl (C=O) groups is 2. The third-order valence-corrected chi connectivity index (χ3v) is 5.40. The summed E-state index contributed by atoms with van der Waals surface area (Å²) in [5.41, 5.74) is 4.64. The molecule has 2 aromatic rings. The minimum atomic E-state index is -0.900. The number of fused-ring (bicyclic) bond motifs is 3. The number of ether oxygens (including phenoxy) is 1. The largest absolute Gasteiger partial charge is 0.481 e. The van der Waals surface area contributed by atoms with E-state index in [1.165, 1.54) is 11.1 Å². The van der Waals surface area contributed by atoms with E-state index in [4.69, 9.17) is 4.74 Å². The SMILES string of the molecule is O=C(N[C@H]1CC=CC[C@H]1C(=O)O)OCC1c2ccccc2-c2ccccc21. The van der Waals surface area contributed by atoms with Crippen molar-refractivity contribution in [2.24, 2.45) is 5.92 Å². The maximum atomic E-state index is 12.3. The van der Waals surface area contributed by atoms with E-state index >= 15 is 0 Å². The number of aliphatic carboxylic acids is 1. The standard InChI is InChI=1S/C22H21NO4/c24-21(25)18-11-5-6-12-20(18)23-22(26)27-13-19-16-9-3-1-7-14(16)15-8-2-4-10-17(15)19/h1-10,18-20H,11-13H2,(H,23,26)(H,24,25)/t18-,20+/m1/s1. The van der Waals surface area contributed by atoms with Crippen molar-refractivity contribution in [2.45, 2.75) is 24.8 Å². The summed E-state index contributed by atoms with van der Waals surface area (Å²) in [4.78, 5) is 23.7. The molecule has 2 aliphatic carbocycles. The zero-order chi connectivity index (χ0) is 18.8. The molecule has 0 spiro atoms. The summed E-state index contributed by atoms with van der Waals surface area (Å²) >= 11 is 0. The highest BCUT2D eigenvalue weighted by Gasteiger charge is 2.32. The van der Waals surface area contributed by atoms with Gasteiger partial charge >= 0.3 is 12.1 Å². The van der Waals surface area contributed by atoms with Crippen LogP contribution in [-0.4, -0.2) is 29.8 Å². The van der Waals surface area contributed by atoms with Crippen molar-refractivity contribution in [3.63, 3.8) is 0 Å². The molecule has 0 radical (unpaired) electrons. The molecule has 1 amide bonds. The first-order valence-electron chi connectivity index (χ1n) is 9.14. The van der Waals surface area contributed by atoms with Crippen LogP contribution in [0.3, 0.4) is 0 Å². The van der Waals surface area contributed by atoms with Crippen LogP contribution in [0.5, 0.6) is 0 Å². The number of nitrogens with one attached hydrogen (secondary N) is 1. The highest BCUT2D eigenvalue weighted by atomic mass is 16.5. The highest BCUT2D eigenvalue weighted by Crippen LogP contribution is 2.44. The van der Waals surface area contributed by atoms with E-state index in [-0.39, 0.29) is 12.5 Å². The van der Waals surface area contributed by atoms with Crippen molar-refractivity contribution in [1.29, 1.82) is 0 Å². The molecule has 0 aliphatic heterocycles. The van der Waals surface area contributed by atoms with E-state index in [2.05, 4.69) is 29.6 Å². The molecule has 0 saturated carbocycles. The van der Waals surface area contributed by atoms with Crippen LogP contribution < -0.4 is 5.32 Å². The Morgan fingerprint density at radius 3 is 2.19 bits per heavy atom. The molecule has 4 rings (SSSR count). The Labute approximate surface area is 157 Å². The van der Waals surface area contributed by atoms with Gasteiger partial charge in [0, 0.05) is 12.0 Å². The summed E-state index contributed by atoms with van der Waals surface area (Å²) in [5, 5.41) is 12.0. The number of rotatable bonds is 4. The van der Waals surface area contributed by atoms with Gasteiger partial charge in [0.2, 0.25) is 0 Å². The van der Waals surface area contributed by atoms with Gasteiger partial charge in [-0.25, -0.2) is 4.79 Å². The summed E-state index contributed by atoms with van der Waals surface area (Å²) in [6.07, 6.45) is 4.09. The Balaban J connectivity index is 1.45. The molecule has 0 fully saturated rings. The number of carboxylic acid groups (broad SMARTS) is 1. The normalized spacial score (nSPS) is 20.6. The van der Waals surface area contributed by atoms with Crippen LogP contribution in [0.1, 0.15) is 29.9 Å². The minimum absolute atomic E-state index is 0.00956. The molecular weight excluding hydrogens is 342 g/mol. The molecule has 27 heavy (non-hydrogen) atoms. The second kappa shape index (κ2) is 7.27. The number of hydrogen-bond acceptors (Lipinski definition) is 3. The number of carbonyl (C=O) groups excluding carboxylic acids is 1. The Morgan fingerprint density at radius 2 is 1.56 bits per heavy atom. The lowest BCUT2D eigenvalue weighted by molar-refractivity contribution is -0.142. The van der Waals surface area contributed by atoms with Gasteiger partial charge in [-0.2, -0.15) is 0 Å². The Morgan fingerprint density at radius 1 is 0.963 bits per heavy atom. The van der Waals surface area contributed by atoms with Gasteiger partial charge in [-0.1, -0.05) is 60.7 Å². The summed E-state index contributed by atoms with van der Waals surface area (Å²) in [7, 11) is 0. The van der Waals surface area contributed by atoms with Gasteiger partial charge in [-0.15, -0.1) is 0 Å². The Kier molecular flexibility index (Phi) is 4.67. The molecule has 5 heteroatoms. The molecule has 0 heterocycles. The predicted molar refractivity (Wildman–Crippen MR) is 101 cm³/mol. The lowest BCUT2D eigenvalue weighted by Gasteiger charge is -2.26. The van der Waals surface area contributed by atoms with Gasteiger partial charge in [0.1, 0.15) is 6.61 Å². The lowest BCUT2D eigenvalue weighted by Crippen LogP contribution is -2.44. The molecular formula is C22H21NO4. The smallest absolute Gasteiger partial charge is 0.407 e. The van der Waals surface area contributed by atoms with E-state index in [9.17, 15) is 14.7 Å². The first kappa shape index (κ1) is 17.3. The number of hydrogen-bond donors (Lipinski definition) is 2. The summed E-state index contributed by atoms with van der Waals surface area (Å²) < 4.78 is 5.50. The van der Waals surface area contributed by atoms with E-state index in [1.807, 2.05) is 36.4 Å². The fourth-order valence-corrected chi connectivity index (χ4v) is 4.04. The maximum Gasteiger partial charge on any atom is 0.407 e. The number of amides is 1. The maximum absolute atomic E-state index is 12.3. The topological polar surface area (TPSA) is 75.6 Å². The van der Waals surface area contributed by atoms with Crippen molar-refractivity contribution in [1.82, 2.24) is 5.32 Å². The second-order valence-corrected chi connectivity index (χ2v) is 6.96. The van der Waals surface area contributed by atoms with Gasteiger partial charge in [-0.3, -0.25) is 4.79 Å². The van der Waals surface area contributed by atoms with Crippen molar-refractivity contribution in [3.8, 4) is 11.1 Å². The zero-order valence-electron chi connectivity index (χ0n) is 14.8. The molecule has 0 aromatic heterocycles. The van der Waals surface area contributed by atoms with Crippen LogP contribution in [-0.2, 0) is 9.53 Å². The monoisotopic (exact) mass is 363 g/mol. The molecule has 0 saturated heterocycles. The van der Waals surface area contributed by atoms with E-state index in [1.54, 1.807) is 0 Å². The second-order valence-electron chi connectivity index (χ2n) is 6.96. The van der Waals surface area contributed by atoms with Crippen molar-refractivity contribution >= 4 is 12.1 Å². The Bertz CT molecular complexity index is 859. The average Bonchev–Trinajstić information content (AvgIpc) is 3.00. The molecule has 5 nitrogen and oxygen atoms in total. The number of benzene rings is 2. The predicted octanol–water partition coefficient (Wildman–Crippen LogP) is 3.94. The number of carboxylic acids is 1. The summed E-state index contributed by atoms with van der Waals surface area (Å²) in [6, 6.07) is 15.8. The average molecular weight is 363 g/mol. The lowest BCUT2D eigenvalue weighted by atomic mass is 9.89. The quantitative estimate of drug-likeness (QED) is 0.807. The van der Waals surface area contributed by atoms with Gasteiger partial charge in [-0.05, 0) is 35.1 Å².